The van der Waals surface area contributed by atoms with Gasteiger partial charge < -0.3 is 28.4 Å². The van der Waals surface area contributed by atoms with Crippen molar-refractivity contribution in [3.8, 4) is 57.5 Å². The van der Waals surface area contributed by atoms with Crippen molar-refractivity contribution in [1.82, 2.24) is 0 Å². The molecule has 5 rings (SSSR count). The number of hydrogen-bond donors (Lipinski definition) is 0. The molecule has 0 saturated heterocycles. The van der Waals surface area contributed by atoms with E-state index in [9.17, 15) is 0 Å². The second-order valence-electron chi connectivity index (χ2n) is 8.84. The molecule has 0 unspecified atom stereocenters. The highest BCUT2D eigenvalue weighted by molar-refractivity contribution is 5.47. The van der Waals surface area contributed by atoms with E-state index in [1.165, 1.54) is 0 Å². The molecule has 0 fully saturated rings. The molecule has 0 heterocycles. The van der Waals surface area contributed by atoms with Crippen LogP contribution in [0.5, 0.6) is 57.5 Å². The summed E-state index contributed by atoms with van der Waals surface area (Å²) in [5.74, 6) is 6.78. The van der Waals surface area contributed by atoms with Crippen LogP contribution in [-0.4, -0.2) is 14.2 Å². The Labute approximate surface area is 234 Å². The van der Waals surface area contributed by atoms with Crippen molar-refractivity contribution in [2.24, 2.45) is 0 Å². The Kier molecular flexibility index (Phi) is 8.37. The minimum absolute atomic E-state index is 0.643. The summed E-state index contributed by atoms with van der Waals surface area (Å²) in [5.41, 5.74) is 1.06. The smallest absolute Gasteiger partial charge is 0.134 e. The molecule has 0 radical (unpaired) electrons. The summed E-state index contributed by atoms with van der Waals surface area (Å²) in [6.07, 6.45) is 0.805. The molecule has 6 heteroatoms. The second-order valence-corrected chi connectivity index (χ2v) is 8.84. The van der Waals surface area contributed by atoms with Gasteiger partial charge in [0.1, 0.15) is 57.5 Å². The van der Waals surface area contributed by atoms with E-state index in [-0.39, 0.29) is 0 Å². The third-order valence-electron chi connectivity index (χ3n) is 6.05. The van der Waals surface area contributed by atoms with E-state index < -0.39 is 0 Å². The molecule has 6 nitrogen and oxygen atoms in total. The molecule has 0 atom stereocenters. The molecule has 202 valence electrons. The first-order valence-electron chi connectivity index (χ1n) is 12.9. The number of ether oxygens (including phenoxy) is 6. The van der Waals surface area contributed by atoms with E-state index in [0.29, 0.717) is 46.0 Å². The zero-order valence-electron chi connectivity index (χ0n) is 22.6. The first-order valence-corrected chi connectivity index (χ1v) is 12.9. The molecule has 0 spiro atoms. The molecule has 0 aliphatic rings. The molecule has 0 aromatic heterocycles. The average Bonchev–Trinajstić information content (AvgIpc) is 2.98. The van der Waals surface area contributed by atoms with Gasteiger partial charge in [0, 0.05) is 30.3 Å². The van der Waals surface area contributed by atoms with Gasteiger partial charge in [0.25, 0.3) is 0 Å². The molecule has 0 aliphatic heterocycles. The Hall–Kier alpha value is -5.10. The maximum absolute atomic E-state index is 6.31. The van der Waals surface area contributed by atoms with E-state index >= 15 is 0 Å². The molecule has 0 N–H and O–H groups in total. The minimum Gasteiger partial charge on any atom is -0.497 e. The zero-order chi connectivity index (χ0) is 27.7. The monoisotopic (exact) mass is 534 g/mol. The average molecular weight is 535 g/mol. The van der Waals surface area contributed by atoms with Crippen molar-refractivity contribution >= 4 is 0 Å². The van der Waals surface area contributed by atoms with Crippen LogP contribution in [0.3, 0.4) is 0 Å². The summed E-state index contributed by atoms with van der Waals surface area (Å²) in [7, 11) is 3.26. The lowest BCUT2D eigenvalue weighted by Crippen LogP contribution is -1.93. The van der Waals surface area contributed by atoms with Crippen LogP contribution in [0.25, 0.3) is 0 Å². The third kappa shape index (κ3) is 6.85. The van der Waals surface area contributed by atoms with E-state index in [4.69, 9.17) is 28.4 Å². The fourth-order valence-corrected chi connectivity index (χ4v) is 4.05. The van der Waals surface area contributed by atoms with Gasteiger partial charge in [-0.3, -0.25) is 0 Å². The van der Waals surface area contributed by atoms with Crippen molar-refractivity contribution in [2.75, 3.05) is 14.2 Å². The van der Waals surface area contributed by atoms with Crippen molar-refractivity contribution in [2.45, 2.75) is 13.3 Å². The Morgan fingerprint density at radius 3 is 1.15 bits per heavy atom. The molecule has 0 saturated carbocycles. The molecule has 5 aromatic rings. The molecule has 40 heavy (non-hydrogen) atoms. The molecular formula is C34H30O6. The van der Waals surface area contributed by atoms with Crippen LogP contribution in [0.4, 0.5) is 0 Å². The van der Waals surface area contributed by atoms with Crippen LogP contribution >= 0.6 is 0 Å². The first-order chi connectivity index (χ1) is 19.6. The highest BCUT2D eigenvalue weighted by atomic mass is 16.5. The van der Waals surface area contributed by atoms with Crippen LogP contribution in [0, 0.1) is 0 Å². The minimum atomic E-state index is 0.643. The van der Waals surface area contributed by atoms with Gasteiger partial charge in [-0.1, -0.05) is 37.3 Å². The van der Waals surface area contributed by atoms with Gasteiger partial charge in [-0.2, -0.15) is 0 Å². The quantitative estimate of drug-likeness (QED) is 0.168. The number of rotatable bonds is 11. The highest BCUT2D eigenvalue weighted by Gasteiger charge is 2.10. The zero-order valence-corrected chi connectivity index (χ0v) is 22.6. The van der Waals surface area contributed by atoms with Crippen molar-refractivity contribution in [1.29, 1.82) is 0 Å². The van der Waals surface area contributed by atoms with Gasteiger partial charge in [-0.05, 0) is 66.6 Å². The fraction of sp³-hybridized carbons (Fsp3) is 0.118. The maximum Gasteiger partial charge on any atom is 0.134 e. The largest absolute Gasteiger partial charge is 0.497 e. The third-order valence-corrected chi connectivity index (χ3v) is 6.05. The predicted octanol–water partition coefficient (Wildman–Crippen LogP) is 9.44. The lowest BCUT2D eigenvalue weighted by molar-refractivity contribution is 0.408. The van der Waals surface area contributed by atoms with Gasteiger partial charge in [0.05, 0.1) is 14.2 Å². The van der Waals surface area contributed by atoms with Gasteiger partial charge in [0.2, 0.25) is 0 Å². The lowest BCUT2D eigenvalue weighted by atomic mass is 10.1. The SMILES string of the molecule is CCc1ccc(Oc2cccc(Oc3cccc(OC)c3)c2)cc1Oc1cccc(Oc2cccc(OC)c2)c1. The molecule has 0 amide bonds. The Balaban J connectivity index is 1.31. The maximum atomic E-state index is 6.31. The van der Waals surface area contributed by atoms with E-state index in [0.717, 1.165) is 23.5 Å². The normalized spacial score (nSPS) is 10.5. The summed E-state index contributed by atoms with van der Waals surface area (Å²) in [4.78, 5) is 0. The number of hydrogen-bond acceptors (Lipinski definition) is 6. The highest BCUT2D eigenvalue weighted by Crippen LogP contribution is 2.35. The number of methoxy groups -OCH3 is 2. The van der Waals surface area contributed by atoms with Gasteiger partial charge in [-0.25, -0.2) is 0 Å². The van der Waals surface area contributed by atoms with Crippen LogP contribution in [0.2, 0.25) is 0 Å². The first kappa shape index (κ1) is 26.5. The molecule has 0 aliphatic carbocycles. The fourth-order valence-electron chi connectivity index (χ4n) is 4.05. The Bertz CT molecular complexity index is 1580. The standard InChI is InChI=1S/C34H30O6/c1-4-24-17-18-33(39-30-14-7-13-29(21-30)37-27-11-5-9-25(19-27)35-2)23-34(24)40-32-16-8-15-31(22-32)38-28-12-6-10-26(20-28)36-3/h5-23H,4H2,1-3H3. The van der Waals surface area contributed by atoms with E-state index in [2.05, 4.69) is 6.92 Å². The summed E-state index contributed by atoms with van der Waals surface area (Å²) in [6.45, 7) is 2.09. The van der Waals surface area contributed by atoms with Crippen molar-refractivity contribution in [3.63, 3.8) is 0 Å². The van der Waals surface area contributed by atoms with Crippen molar-refractivity contribution < 1.29 is 28.4 Å². The van der Waals surface area contributed by atoms with E-state index in [1.807, 2.05) is 115 Å². The van der Waals surface area contributed by atoms with Gasteiger partial charge in [-0.15, -0.1) is 0 Å². The number of aryl methyl sites for hydroxylation is 1. The Morgan fingerprint density at radius 2 is 0.750 bits per heavy atom. The van der Waals surface area contributed by atoms with E-state index in [1.54, 1.807) is 14.2 Å². The molecule has 0 bridgehead atoms. The second kappa shape index (κ2) is 12.6. The van der Waals surface area contributed by atoms with Crippen molar-refractivity contribution in [3.05, 3.63) is 121 Å². The van der Waals surface area contributed by atoms with Crippen LogP contribution in [-0.2, 0) is 6.42 Å². The summed E-state index contributed by atoms with van der Waals surface area (Å²) in [5, 5.41) is 0. The molecular weight excluding hydrogens is 504 g/mol. The molecule has 5 aromatic carbocycles. The Morgan fingerprint density at radius 1 is 0.400 bits per heavy atom. The lowest BCUT2D eigenvalue weighted by Gasteiger charge is -2.14. The predicted molar refractivity (Wildman–Crippen MR) is 155 cm³/mol. The number of benzene rings is 5. The summed E-state index contributed by atoms with van der Waals surface area (Å²) in [6, 6.07) is 35.8. The summed E-state index contributed by atoms with van der Waals surface area (Å²) < 4.78 is 35.1. The van der Waals surface area contributed by atoms with Crippen LogP contribution < -0.4 is 28.4 Å². The van der Waals surface area contributed by atoms with Crippen LogP contribution in [0.15, 0.2) is 115 Å². The summed E-state index contributed by atoms with van der Waals surface area (Å²) >= 11 is 0. The topological polar surface area (TPSA) is 55.4 Å². The van der Waals surface area contributed by atoms with Crippen LogP contribution in [0.1, 0.15) is 12.5 Å². The van der Waals surface area contributed by atoms with Gasteiger partial charge in [0.15, 0.2) is 0 Å². The van der Waals surface area contributed by atoms with Gasteiger partial charge >= 0.3 is 0 Å².